The molecule has 37 heavy (non-hydrogen) atoms. The van der Waals surface area contributed by atoms with E-state index in [1.165, 1.54) is 12.1 Å². The molecule has 1 N–H and O–H groups in total. The molecule has 0 aliphatic carbocycles. The summed E-state index contributed by atoms with van der Waals surface area (Å²) in [5.74, 6) is -1.95. The van der Waals surface area contributed by atoms with Crippen LogP contribution in [0.1, 0.15) is 54.1 Å². The van der Waals surface area contributed by atoms with Crippen molar-refractivity contribution in [2.75, 3.05) is 38.0 Å². The van der Waals surface area contributed by atoms with Gasteiger partial charge in [-0.1, -0.05) is 23.7 Å². The number of Topliss-reactive ketones (excluding diaryl/α,β-unsaturated/α-hetero) is 1. The highest BCUT2D eigenvalue weighted by Gasteiger charge is 2.38. The monoisotopic (exact) mass is 526 g/mol. The van der Waals surface area contributed by atoms with Crippen molar-refractivity contribution in [3.8, 4) is 0 Å². The lowest BCUT2D eigenvalue weighted by Gasteiger charge is -2.44. The topological polar surface area (TPSA) is 73.0 Å². The summed E-state index contributed by atoms with van der Waals surface area (Å²) in [6.07, 6.45) is 1.83. The Labute approximate surface area is 221 Å². The zero-order valence-electron chi connectivity index (χ0n) is 21.2. The van der Waals surface area contributed by atoms with E-state index in [1.54, 1.807) is 29.2 Å². The quantitative estimate of drug-likeness (QED) is 0.598. The van der Waals surface area contributed by atoms with Gasteiger partial charge in [0, 0.05) is 57.0 Å². The predicted molar refractivity (Wildman–Crippen MR) is 140 cm³/mol. The molecule has 1 unspecified atom stereocenters. The van der Waals surface area contributed by atoms with E-state index in [9.17, 15) is 18.8 Å². The van der Waals surface area contributed by atoms with Gasteiger partial charge in [-0.05, 0) is 62.1 Å². The molecule has 3 aliphatic rings. The Balaban J connectivity index is 1.32. The van der Waals surface area contributed by atoms with Crippen molar-refractivity contribution in [1.29, 1.82) is 0 Å². The van der Waals surface area contributed by atoms with Crippen LogP contribution in [0, 0.1) is 5.82 Å². The van der Waals surface area contributed by atoms with Crippen LogP contribution < -0.4 is 5.32 Å². The van der Waals surface area contributed by atoms with Gasteiger partial charge in [0.15, 0.2) is 0 Å². The van der Waals surface area contributed by atoms with Gasteiger partial charge in [-0.25, -0.2) is 4.39 Å². The van der Waals surface area contributed by atoms with E-state index in [2.05, 4.69) is 17.1 Å². The van der Waals surface area contributed by atoms with Crippen molar-refractivity contribution in [3.05, 3.63) is 63.9 Å². The van der Waals surface area contributed by atoms with Gasteiger partial charge in [0.1, 0.15) is 5.82 Å². The van der Waals surface area contributed by atoms with Crippen LogP contribution in [-0.2, 0) is 16.1 Å². The average Bonchev–Trinajstić information content (AvgIpc) is 3.56. The maximum atomic E-state index is 13.7. The Morgan fingerprint density at radius 1 is 1.03 bits per heavy atom. The number of piperazine rings is 1. The molecule has 3 atom stereocenters. The van der Waals surface area contributed by atoms with Crippen molar-refractivity contribution in [1.82, 2.24) is 14.7 Å². The third-order valence-corrected chi connectivity index (χ3v) is 8.15. The van der Waals surface area contributed by atoms with Crippen LogP contribution in [0.5, 0.6) is 0 Å². The van der Waals surface area contributed by atoms with E-state index >= 15 is 0 Å². The number of hydrogen-bond acceptors (Lipinski definition) is 5. The first-order valence-electron chi connectivity index (χ1n) is 12.9. The number of hydrogen-bond donors (Lipinski definition) is 1. The van der Waals surface area contributed by atoms with Crippen LogP contribution in [0.15, 0.2) is 36.4 Å². The van der Waals surface area contributed by atoms with Crippen molar-refractivity contribution >= 4 is 34.9 Å². The molecule has 5 rings (SSSR count). The molecule has 2 fully saturated rings. The third-order valence-electron chi connectivity index (χ3n) is 7.84. The fraction of sp³-hybridized carbons (Fsp3) is 0.464. The number of rotatable bonds is 5. The minimum absolute atomic E-state index is 0.0687. The summed E-state index contributed by atoms with van der Waals surface area (Å²) in [4.78, 5) is 45.3. The molecule has 0 saturated carbocycles. The number of amides is 2. The number of fused-ring (bicyclic) bond motifs is 1. The molecule has 0 aromatic heterocycles. The van der Waals surface area contributed by atoms with Crippen LogP contribution >= 0.6 is 11.6 Å². The zero-order valence-corrected chi connectivity index (χ0v) is 21.9. The first kappa shape index (κ1) is 25.7. The molecule has 3 heterocycles. The Hall–Kier alpha value is -2.97. The largest absolute Gasteiger partial charge is 0.384 e. The third kappa shape index (κ3) is 5.09. The number of nitrogens with one attached hydrogen (secondary N) is 1. The molecule has 2 aromatic carbocycles. The van der Waals surface area contributed by atoms with Gasteiger partial charge in [-0.2, -0.15) is 0 Å². The molecule has 3 aliphatic heterocycles. The maximum Gasteiger partial charge on any atom is 0.290 e. The highest BCUT2D eigenvalue weighted by atomic mass is 35.5. The van der Waals surface area contributed by atoms with E-state index < -0.39 is 17.6 Å². The summed E-state index contributed by atoms with van der Waals surface area (Å²) in [5, 5.41) is 3.50. The number of halogens is 2. The van der Waals surface area contributed by atoms with Crippen LogP contribution in [0.3, 0.4) is 0 Å². The minimum Gasteiger partial charge on any atom is -0.384 e. The van der Waals surface area contributed by atoms with Gasteiger partial charge in [0.05, 0.1) is 16.5 Å². The lowest BCUT2D eigenvalue weighted by molar-refractivity contribution is -0.144. The van der Waals surface area contributed by atoms with Gasteiger partial charge in [-0.3, -0.25) is 19.3 Å². The SMILES string of the molecule is C[C@@H]1CN(Cc2ccc(F)cc2)[C@@H](C)CN1C(=O)c1cc2c(cc1Cl)NCC2C(=O)C(=O)N1CCCC1. The lowest BCUT2D eigenvalue weighted by atomic mass is 9.93. The zero-order chi connectivity index (χ0) is 26.3. The number of benzene rings is 2. The molecule has 2 aromatic rings. The summed E-state index contributed by atoms with van der Waals surface area (Å²) >= 11 is 6.56. The summed E-state index contributed by atoms with van der Waals surface area (Å²) in [6, 6.07) is 9.91. The summed E-state index contributed by atoms with van der Waals surface area (Å²) in [7, 11) is 0. The predicted octanol–water partition coefficient (Wildman–Crippen LogP) is 3.91. The Kier molecular flexibility index (Phi) is 7.23. The molecule has 9 heteroatoms. The molecule has 2 amide bonds. The lowest BCUT2D eigenvalue weighted by Crippen LogP contribution is -2.57. The van der Waals surface area contributed by atoms with E-state index in [0.717, 1.165) is 18.4 Å². The first-order valence-corrected chi connectivity index (χ1v) is 13.3. The minimum atomic E-state index is -0.629. The maximum absolute atomic E-state index is 13.7. The van der Waals surface area contributed by atoms with Crippen molar-refractivity contribution in [2.45, 2.75) is 51.2 Å². The number of likely N-dealkylation sites (tertiary alicyclic amines) is 1. The molecule has 7 nitrogen and oxygen atoms in total. The first-order chi connectivity index (χ1) is 17.7. The second kappa shape index (κ2) is 10.4. The van der Waals surface area contributed by atoms with Crippen LogP contribution in [0.4, 0.5) is 10.1 Å². The van der Waals surface area contributed by atoms with E-state index in [0.29, 0.717) is 61.1 Å². The van der Waals surface area contributed by atoms with Gasteiger partial charge in [0.25, 0.3) is 11.8 Å². The standard InChI is InChI=1S/C28H32ClFN4O3/c1-17-15-34(18(2)14-33(17)16-19-5-7-20(30)8-6-19)27(36)22-11-21-23(13-31-25(21)12-24(22)29)26(35)28(37)32-9-3-4-10-32/h5-8,11-12,17-18,23,31H,3-4,9-10,13-16H2,1-2H3/t17-,18+,23?/m0/s1. The van der Waals surface area contributed by atoms with Crippen molar-refractivity contribution in [2.24, 2.45) is 0 Å². The molecule has 0 bridgehead atoms. The van der Waals surface area contributed by atoms with E-state index in [4.69, 9.17) is 11.6 Å². The molecular formula is C28H32ClFN4O3. The summed E-state index contributed by atoms with van der Waals surface area (Å²) in [5.41, 5.74) is 2.72. The Morgan fingerprint density at radius 2 is 1.73 bits per heavy atom. The number of carbonyl (C=O) groups excluding carboxylic acids is 3. The second-order valence-corrected chi connectivity index (χ2v) is 10.8. The smallest absolute Gasteiger partial charge is 0.290 e. The summed E-state index contributed by atoms with van der Waals surface area (Å²) in [6.45, 7) is 7.48. The van der Waals surface area contributed by atoms with E-state index in [-0.39, 0.29) is 23.8 Å². The van der Waals surface area contributed by atoms with Crippen LogP contribution in [-0.4, -0.2) is 77.1 Å². The highest BCUT2D eigenvalue weighted by molar-refractivity contribution is 6.39. The second-order valence-electron chi connectivity index (χ2n) is 10.4. The van der Waals surface area contributed by atoms with Crippen LogP contribution in [0.2, 0.25) is 5.02 Å². The average molecular weight is 527 g/mol. The van der Waals surface area contributed by atoms with Gasteiger partial charge >= 0.3 is 0 Å². The number of anilines is 1. The van der Waals surface area contributed by atoms with Crippen molar-refractivity contribution < 1.29 is 18.8 Å². The fourth-order valence-corrected chi connectivity index (χ4v) is 5.90. The highest BCUT2D eigenvalue weighted by Crippen LogP contribution is 2.37. The normalized spacial score (nSPS) is 23.6. The number of ketones is 1. The van der Waals surface area contributed by atoms with Gasteiger partial charge < -0.3 is 15.1 Å². The van der Waals surface area contributed by atoms with E-state index in [1.807, 2.05) is 11.8 Å². The van der Waals surface area contributed by atoms with Crippen LogP contribution in [0.25, 0.3) is 0 Å². The molecular weight excluding hydrogens is 495 g/mol. The molecule has 0 spiro atoms. The fourth-order valence-electron chi connectivity index (χ4n) is 5.66. The van der Waals surface area contributed by atoms with Gasteiger partial charge in [-0.15, -0.1) is 0 Å². The Morgan fingerprint density at radius 3 is 2.43 bits per heavy atom. The molecule has 2 saturated heterocycles. The molecule has 196 valence electrons. The van der Waals surface area contributed by atoms with Gasteiger partial charge in [0.2, 0.25) is 5.78 Å². The number of carbonyl (C=O) groups is 3. The Bertz CT molecular complexity index is 1210. The summed E-state index contributed by atoms with van der Waals surface area (Å²) < 4.78 is 13.3. The van der Waals surface area contributed by atoms with Crippen molar-refractivity contribution in [3.63, 3.8) is 0 Å². The molecule has 0 radical (unpaired) electrons. The number of nitrogens with zero attached hydrogens (tertiary/aromatic N) is 3.